The summed E-state index contributed by atoms with van der Waals surface area (Å²) in [7, 11) is 0. The average molecular weight is 223 g/mol. The van der Waals surface area contributed by atoms with Gasteiger partial charge in [0, 0.05) is 24.8 Å². The molecule has 4 nitrogen and oxygen atoms in total. The highest BCUT2D eigenvalue weighted by atomic mass is 16.3. The SMILES string of the molecule is CC(C)n1ccc(CN2CCCC2CO)n1. The zero-order valence-electron chi connectivity index (χ0n) is 10.1. The summed E-state index contributed by atoms with van der Waals surface area (Å²) in [6.07, 6.45) is 4.33. The summed E-state index contributed by atoms with van der Waals surface area (Å²) >= 11 is 0. The molecule has 1 atom stereocenters. The molecule has 0 aliphatic carbocycles. The van der Waals surface area contributed by atoms with E-state index in [4.69, 9.17) is 0 Å². The Labute approximate surface area is 96.9 Å². The lowest BCUT2D eigenvalue weighted by molar-refractivity contribution is 0.152. The second-order valence-corrected chi connectivity index (χ2v) is 4.83. The Kier molecular flexibility index (Phi) is 3.61. The van der Waals surface area contributed by atoms with Crippen molar-refractivity contribution in [2.45, 2.75) is 45.3 Å². The van der Waals surface area contributed by atoms with Crippen molar-refractivity contribution >= 4 is 0 Å². The molecule has 1 aromatic rings. The predicted molar refractivity (Wildman–Crippen MR) is 63.1 cm³/mol. The van der Waals surface area contributed by atoms with Crippen molar-refractivity contribution in [2.75, 3.05) is 13.2 Å². The number of nitrogens with zero attached hydrogens (tertiary/aromatic N) is 3. The van der Waals surface area contributed by atoms with Gasteiger partial charge in [0.2, 0.25) is 0 Å². The third kappa shape index (κ3) is 2.44. The van der Waals surface area contributed by atoms with Crippen LogP contribution < -0.4 is 0 Å². The highest BCUT2D eigenvalue weighted by molar-refractivity contribution is 5.00. The van der Waals surface area contributed by atoms with Gasteiger partial charge >= 0.3 is 0 Å². The Hall–Kier alpha value is -0.870. The number of aliphatic hydroxyl groups is 1. The van der Waals surface area contributed by atoms with E-state index in [1.54, 1.807) is 0 Å². The number of aromatic nitrogens is 2. The van der Waals surface area contributed by atoms with Crippen molar-refractivity contribution in [3.8, 4) is 0 Å². The summed E-state index contributed by atoms with van der Waals surface area (Å²) in [6.45, 7) is 6.47. The van der Waals surface area contributed by atoms with Crippen LogP contribution in [0.1, 0.15) is 38.4 Å². The molecule has 1 unspecified atom stereocenters. The molecule has 2 rings (SSSR count). The van der Waals surface area contributed by atoms with E-state index in [0.717, 1.165) is 25.2 Å². The summed E-state index contributed by atoms with van der Waals surface area (Å²) in [5.41, 5.74) is 1.11. The van der Waals surface area contributed by atoms with Crippen LogP contribution in [-0.2, 0) is 6.54 Å². The topological polar surface area (TPSA) is 41.3 Å². The monoisotopic (exact) mass is 223 g/mol. The van der Waals surface area contributed by atoms with E-state index in [1.165, 1.54) is 6.42 Å². The van der Waals surface area contributed by atoms with Crippen molar-refractivity contribution in [3.63, 3.8) is 0 Å². The summed E-state index contributed by atoms with van der Waals surface area (Å²) in [4.78, 5) is 2.33. The van der Waals surface area contributed by atoms with Gasteiger partial charge in [-0.3, -0.25) is 9.58 Å². The van der Waals surface area contributed by atoms with E-state index >= 15 is 0 Å². The number of hydrogen-bond donors (Lipinski definition) is 1. The maximum atomic E-state index is 9.24. The lowest BCUT2D eigenvalue weighted by Gasteiger charge is -2.21. The lowest BCUT2D eigenvalue weighted by atomic mass is 10.2. The smallest absolute Gasteiger partial charge is 0.0765 e. The molecule has 0 amide bonds. The van der Waals surface area contributed by atoms with Crippen LogP contribution in [-0.4, -0.2) is 39.0 Å². The van der Waals surface area contributed by atoms with Gasteiger partial charge in [0.25, 0.3) is 0 Å². The third-order valence-corrected chi connectivity index (χ3v) is 3.27. The van der Waals surface area contributed by atoms with Crippen molar-refractivity contribution in [1.82, 2.24) is 14.7 Å². The van der Waals surface area contributed by atoms with Crippen LogP contribution in [0.2, 0.25) is 0 Å². The molecule has 1 aromatic heterocycles. The van der Waals surface area contributed by atoms with Gasteiger partial charge in [-0.15, -0.1) is 0 Å². The first-order valence-electron chi connectivity index (χ1n) is 6.09. The second kappa shape index (κ2) is 4.97. The summed E-state index contributed by atoms with van der Waals surface area (Å²) in [5.74, 6) is 0. The van der Waals surface area contributed by atoms with Gasteiger partial charge < -0.3 is 5.11 Å². The van der Waals surface area contributed by atoms with E-state index < -0.39 is 0 Å². The first-order valence-corrected chi connectivity index (χ1v) is 6.09. The van der Waals surface area contributed by atoms with Gasteiger partial charge in [0.05, 0.1) is 12.3 Å². The van der Waals surface area contributed by atoms with E-state index in [9.17, 15) is 5.11 Å². The molecule has 2 heterocycles. The average Bonchev–Trinajstić information content (AvgIpc) is 2.87. The Morgan fingerprint density at radius 2 is 2.38 bits per heavy atom. The van der Waals surface area contributed by atoms with Gasteiger partial charge in [-0.2, -0.15) is 5.10 Å². The summed E-state index contributed by atoms with van der Waals surface area (Å²) in [5, 5.41) is 13.8. The van der Waals surface area contributed by atoms with Crippen LogP contribution in [0.25, 0.3) is 0 Å². The third-order valence-electron chi connectivity index (χ3n) is 3.27. The summed E-state index contributed by atoms with van der Waals surface area (Å²) < 4.78 is 1.99. The van der Waals surface area contributed by atoms with Gasteiger partial charge in [0.1, 0.15) is 0 Å². The molecule has 0 radical (unpaired) electrons. The van der Waals surface area contributed by atoms with Gasteiger partial charge in [-0.1, -0.05) is 0 Å². The van der Waals surface area contributed by atoms with E-state index in [1.807, 2.05) is 10.9 Å². The molecule has 1 aliphatic heterocycles. The fourth-order valence-corrected chi connectivity index (χ4v) is 2.27. The van der Waals surface area contributed by atoms with Gasteiger partial charge in [-0.25, -0.2) is 0 Å². The Bertz CT molecular complexity index is 335. The minimum absolute atomic E-state index is 0.269. The minimum Gasteiger partial charge on any atom is -0.395 e. The fraction of sp³-hybridized carbons (Fsp3) is 0.750. The highest BCUT2D eigenvalue weighted by Crippen LogP contribution is 2.19. The minimum atomic E-state index is 0.269. The first-order chi connectivity index (χ1) is 7.70. The largest absolute Gasteiger partial charge is 0.395 e. The lowest BCUT2D eigenvalue weighted by Crippen LogP contribution is -2.31. The van der Waals surface area contributed by atoms with Crippen LogP contribution in [0.5, 0.6) is 0 Å². The van der Waals surface area contributed by atoms with E-state index in [0.29, 0.717) is 12.1 Å². The van der Waals surface area contributed by atoms with E-state index in [2.05, 4.69) is 29.9 Å². The number of rotatable bonds is 4. The predicted octanol–water partition coefficient (Wildman–Crippen LogP) is 1.42. The Balaban J connectivity index is 1.97. The molecular weight excluding hydrogens is 202 g/mol. The van der Waals surface area contributed by atoms with Crippen LogP contribution in [0.15, 0.2) is 12.3 Å². The molecule has 1 saturated heterocycles. The maximum absolute atomic E-state index is 9.24. The fourth-order valence-electron chi connectivity index (χ4n) is 2.27. The summed E-state index contributed by atoms with van der Waals surface area (Å²) in [6, 6.07) is 2.83. The van der Waals surface area contributed by atoms with Crippen molar-refractivity contribution in [3.05, 3.63) is 18.0 Å². The zero-order valence-corrected chi connectivity index (χ0v) is 10.1. The van der Waals surface area contributed by atoms with Crippen LogP contribution in [0.4, 0.5) is 0 Å². The standard InChI is InChI=1S/C12H21N3O/c1-10(2)15-7-5-11(13-15)8-14-6-3-4-12(14)9-16/h5,7,10,12,16H,3-4,6,8-9H2,1-2H3. The van der Waals surface area contributed by atoms with Gasteiger partial charge in [-0.05, 0) is 39.3 Å². The van der Waals surface area contributed by atoms with E-state index in [-0.39, 0.29) is 6.61 Å². The van der Waals surface area contributed by atoms with Crippen LogP contribution in [0, 0.1) is 0 Å². The number of likely N-dealkylation sites (tertiary alicyclic amines) is 1. The molecule has 0 saturated carbocycles. The molecule has 16 heavy (non-hydrogen) atoms. The maximum Gasteiger partial charge on any atom is 0.0765 e. The van der Waals surface area contributed by atoms with Crippen molar-refractivity contribution in [2.24, 2.45) is 0 Å². The zero-order chi connectivity index (χ0) is 11.5. The molecule has 1 fully saturated rings. The van der Waals surface area contributed by atoms with Crippen LogP contribution >= 0.6 is 0 Å². The Morgan fingerprint density at radius 1 is 1.56 bits per heavy atom. The van der Waals surface area contributed by atoms with Gasteiger partial charge in [0.15, 0.2) is 0 Å². The molecular formula is C12H21N3O. The number of hydrogen-bond acceptors (Lipinski definition) is 3. The Morgan fingerprint density at radius 3 is 3.00 bits per heavy atom. The molecule has 1 aliphatic rings. The quantitative estimate of drug-likeness (QED) is 0.839. The second-order valence-electron chi connectivity index (χ2n) is 4.83. The first kappa shape index (κ1) is 11.6. The number of aliphatic hydroxyl groups excluding tert-OH is 1. The molecule has 4 heteroatoms. The normalized spacial score (nSPS) is 22.1. The molecule has 0 bridgehead atoms. The molecule has 0 spiro atoms. The van der Waals surface area contributed by atoms with Crippen molar-refractivity contribution < 1.29 is 5.11 Å². The van der Waals surface area contributed by atoms with Crippen LogP contribution in [0.3, 0.4) is 0 Å². The molecule has 90 valence electrons. The molecule has 0 aromatic carbocycles. The molecule has 1 N–H and O–H groups in total. The highest BCUT2D eigenvalue weighted by Gasteiger charge is 2.24. The van der Waals surface area contributed by atoms with Crippen molar-refractivity contribution in [1.29, 1.82) is 0 Å².